The highest BCUT2D eigenvalue weighted by molar-refractivity contribution is 7.94. The predicted octanol–water partition coefficient (Wildman–Crippen LogP) is 3.28. The SMILES string of the molecule is COc1ccccc1S(=O)(=O)/C=C/c1ccc(F)cc1. The Kier molecular flexibility index (Phi) is 4.20. The smallest absolute Gasteiger partial charge is 0.203 e. The second-order valence-corrected chi connectivity index (χ2v) is 5.85. The van der Waals surface area contributed by atoms with Gasteiger partial charge < -0.3 is 4.74 Å². The summed E-state index contributed by atoms with van der Waals surface area (Å²) in [5.41, 5.74) is 0.602. The van der Waals surface area contributed by atoms with Gasteiger partial charge in [0.25, 0.3) is 0 Å². The van der Waals surface area contributed by atoms with Gasteiger partial charge in [0.05, 0.1) is 7.11 Å². The summed E-state index contributed by atoms with van der Waals surface area (Å²) in [7, 11) is -2.20. The summed E-state index contributed by atoms with van der Waals surface area (Å²) in [5, 5.41) is 1.08. The van der Waals surface area contributed by atoms with Gasteiger partial charge >= 0.3 is 0 Å². The minimum absolute atomic E-state index is 0.0980. The van der Waals surface area contributed by atoms with Crippen LogP contribution in [0, 0.1) is 5.82 Å². The molecule has 2 aromatic carbocycles. The van der Waals surface area contributed by atoms with Crippen LogP contribution in [0.4, 0.5) is 4.39 Å². The summed E-state index contributed by atoms with van der Waals surface area (Å²) in [6.45, 7) is 0. The van der Waals surface area contributed by atoms with Gasteiger partial charge in [-0.1, -0.05) is 24.3 Å². The van der Waals surface area contributed by atoms with E-state index in [0.717, 1.165) is 5.41 Å². The third-order valence-corrected chi connectivity index (χ3v) is 4.13. The highest BCUT2D eigenvalue weighted by Crippen LogP contribution is 2.25. The lowest BCUT2D eigenvalue weighted by molar-refractivity contribution is 0.403. The third-order valence-electron chi connectivity index (χ3n) is 2.69. The second-order valence-electron chi connectivity index (χ2n) is 4.05. The summed E-state index contributed by atoms with van der Waals surface area (Å²) >= 11 is 0. The first-order chi connectivity index (χ1) is 9.53. The molecule has 0 N–H and O–H groups in total. The molecule has 0 fully saturated rings. The van der Waals surface area contributed by atoms with Crippen LogP contribution in [0.2, 0.25) is 0 Å². The van der Waals surface area contributed by atoms with Crippen molar-refractivity contribution in [1.29, 1.82) is 0 Å². The second kappa shape index (κ2) is 5.88. The Labute approximate surface area is 117 Å². The number of ether oxygens (including phenoxy) is 1. The number of halogens is 1. The number of benzene rings is 2. The van der Waals surface area contributed by atoms with Crippen molar-refractivity contribution in [3.8, 4) is 5.75 Å². The van der Waals surface area contributed by atoms with Crippen LogP contribution in [0.3, 0.4) is 0 Å². The Morgan fingerprint density at radius 2 is 1.70 bits per heavy atom. The summed E-state index contributed by atoms with van der Waals surface area (Å²) in [4.78, 5) is 0.0980. The van der Waals surface area contributed by atoms with Crippen molar-refractivity contribution in [2.24, 2.45) is 0 Å². The Morgan fingerprint density at radius 3 is 2.35 bits per heavy atom. The topological polar surface area (TPSA) is 43.4 Å². The minimum Gasteiger partial charge on any atom is -0.495 e. The molecule has 0 bridgehead atoms. The molecule has 0 radical (unpaired) electrons. The zero-order valence-electron chi connectivity index (χ0n) is 10.8. The van der Waals surface area contributed by atoms with Crippen molar-refractivity contribution < 1.29 is 17.5 Å². The molecule has 0 spiro atoms. The van der Waals surface area contributed by atoms with Crippen molar-refractivity contribution >= 4 is 15.9 Å². The summed E-state index contributed by atoms with van der Waals surface area (Å²) < 4.78 is 42.2. The van der Waals surface area contributed by atoms with Gasteiger partial charge in [0.2, 0.25) is 9.84 Å². The molecule has 0 heterocycles. The van der Waals surface area contributed by atoms with Crippen LogP contribution in [-0.2, 0) is 9.84 Å². The Morgan fingerprint density at radius 1 is 1.05 bits per heavy atom. The van der Waals surface area contributed by atoms with Gasteiger partial charge in [0.1, 0.15) is 16.5 Å². The van der Waals surface area contributed by atoms with Gasteiger partial charge in [-0.15, -0.1) is 0 Å². The molecular formula is C15H13FO3S. The molecular weight excluding hydrogens is 279 g/mol. The summed E-state index contributed by atoms with van der Waals surface area (Å²) in [5.74, 6) is -0.0778. The Hall–Kier alpha value is -2.14. The molecule has 0 amide bonds. The van der Waals surface area contributed by atoms with E-state index in [1.54, 1.807) is 18.2 Å². The molecule has 0 saturated heterocycles. The van der Waals surface area contributed by atoms with Crippen LogP contribution in [-0.4, -0.2) is 15.5 Å². The molecule has 0 aromatic heterocycles. The molecule has 2 aromatic rings. The van der Waals surface area contributed by atoms with Crippen molar-refractivity contribution in [2.45, 2.75) is 4.90 Å². The van der Waals surface area contributed by atoms with Crippen LogP contribution in [0.15, 0.2) is 58.8 Å². The van der Waals surface area contributed by atoms with Gasteiger partial charge in [-0.25, -0.2) is 12.8 Å². The lowest BCUT2D eigenvalue weighted by Gasteiger charge is -2.06. The van der Waals surface area contributed by atoms with E-state index < -0.39 is 9.84 Å². The van der Waals surface area contributed by atoms with E-state index in [9.17, 15) is 12.8 Å². The summed E-state index contributed by atoms with van der Waals surface area (Å²) in [6, 6.07) is 11.9. The van der Waals surface area contributed by atoms with Crippen molar-refractivity contribution in [3.63, 3.8) is 0 Å². The van der Waals surface area contributed by atoms with E-state index >= 15 is 0 Å². The van der Waals surface area contributed by atoms with Crippen molar-refractivity contribution in [2.75, 3.05) is 7.11 Å². The van der Waals surface area contributed by atoms with Gasteiger partial charge in [0.15, 0.2) is 0 Å². The van der Waals surface area contributed by atoms with Crippen LogP contribution < -0.4 is 4.74 Å². The number of sulfone groups is 1. The molecule has 0 aliphatic carbocycles. The molecule has 0 aliphatic heterocycles. The van der Waals surface area contributed by atoms with Gasteiger partial charge in [-0.2, -0.15) is 0 Å². The molecule has 2 rings (SSSR count). The van der Waals surface area contributed by atoms with Crippen LogP contribution >= 0.6 is 0 Å². The molecule has 0 atom stereocenters. The first kappa shape index (κ1) is 14.3. The number of hydrogen-bond donors (Lipinski definition) is 0. The quantitative estimate of drug-likeness (QED) is 0.868. The fourth-order valence-corrected chi connectivity index (χ4v) is 2.85. The van der Waals surface area contributed by atoms with Crippen LogP contribution in [0.1, 0.15) is 5.56 Å². The van der Waals surface area contributed by atoms with E-state index in [1.165, 1.54) is 43.5 Å². The number of methoxy groups -OCH3 is 1. The highest BCUT2D eigenvalue weighted by Gasteiger charge is 2.15. The maximum atomic E-state index is 12.8. The maximum Gasteiger partial charge on any atom is 0.203 e. The average Bonchev–Trinajstić information content (AvgIpc) is 2.46. The van der Waals surface area contributed by atoms with Gasteiger partial charge in [-0.3, -0.25) is 0 Å². The number of hydrogen-bond acceptors (Lipinski definition) is 3. The molecule has 20 heavy (non-hydrogen) atoms. The molecule has 0 saturated carbocycles. The van der Waals surface area contributed by atoms with Crippen LogP contribution in [0.25, 0.3) is 6.08 Å². The minimum atomic E-state index is -3.61. The van der Waals surface area contributed by atoms with E-state index in [2.05, 4.69) is 0 Å². The van der Waals surface area contributed by atoms with E-state index in [4.69, 9.17) is 4.74 Å². The zero-order chi connectivity index (χ0) is 14.6. The molecule has 0 aliphatic rings. The fourth-order valence-electron chi connectivity index (χ4n) is 1.67. The predicted molar refractivity (Wildman–Crippen MR) is 75.6 cm³/mol. The molecule has 0 unspecified atom stereocenters. The standard InChI is InChI=1S/C15H13FO3S/c1-19-14-4-2-3-5-15(14)20(17,18)11-10-12-6-8-13(16)9-7-12/h2-11H,1H3/b11-10+. The van der Waals surface area contributed by atoms with E-state index in [0.29, 0.717) is 5.56 Å². The molecule has 5 heteroatoms. The Balaban J connectivity index is 2.34. The molecule has 3 nitrogen and oxygen atoms in total. The van der Waals surface area contributed by atoms with Gasteiger partial charge in [0, 0.05) is 5.41 Å². The fraction of sp³-hybridized carbons (Fsp3) is 0.0667. The first-order valence-corrected chi connectivity index (χ1v) is 7.39. The van der Waals surface area contributed by atoms with Crippen molar-refractivity contribution in [1.82, 2.24) is 0 Å². The van der Waals surface area contributed by atoms with E-state index in [-0.39, 0.29) is 16.5 Å². The monoisotopic (exact) mass is 292 g/mol. The average molecular weight is 292 g/mol. The summed E-state index contributed by atoms with van der Waals surface area (Å²) in [6.07, 6.45) is 1.42. The van der Waals surface area contributed by atoms with Gasteiger partial charge in [-0.05, 0) is 35.9 Å². The number of rotatable bonds is 4. The lowest BCUT2D eigenvalue weighted by atomic mass is 10.2. The largest absolute Gasteiger partial charge is 0.495 e. The normalized spacial score (nSPS) is 11.7. The third kappa shape index (κ3) is 3.24. The Bertz CT molecular complexity index is 719. The van der Waals surface area contributed by atoms with Crippen LogP contribution in [0.5, 0.6) is 5.75 Å². The maximum absolute atomic E-state index is 12.8. The first-order valence-electron chi connectivity index (χ1n) is 5.85. The number of para-hydroxylation sites is 1. The zero-order valence-corrected chi connectivity index (χ0v) is 11.6. The molecule has 104 valence electrons. The van der Waals surface area contributed by atoms with E-state index in [1.807, 2.05) is 0 Å². The highest BCUT2D eigenvalue weighted by atomic mass is 32.2. The lowest BCUT2D eigenvalue weighted by Crippen LogP contribution is -1.99. The van der Waals surface area contributed by atoms with Crippen molar-refractivity contribution in [3.05, 3.63) is 65.3 Å².